The molecule has 0 unspecified atom stereocenters. The number of nitrogens with two attached hydrogens (primary N) is 1. The predicted molar refractivity (Wildman–Crippen MR) is 91.9 cm³/mol. The van der Waals surface area contributed by atoms with Gasteiger partial charge in [0.05, 0.1) is 22.5 Å². The Balaban J connectivity index is 1.95. The summed E-state index contributed by atoms with van der Waals surface area (Å²) in [7, 11) is 0. The average molecular weight is 343 g/mol. The quantitative estimate of drug-likeness (QED) is 0.449. The average Bonchev–Trinajstić information content (AvgIpc) is 2.57. The first-order valence-electron chi connectivity index (χ1n) is 6.68. The van der Waals surface area contributed by atoms with Crippen LogP contribution in [0.2, 0.25) is 5.02 Å². The zero-order valence-corrected chi connectivity index (χ0v) is 13.4. The fraction of sp³-hybridized carbons (Fsp3) is 0.0625. The monoisotopic (exact) mass is 342 g/mol. The lowest BCUT2D eigenvalue weighted by atomic mass is 10.2. The molecule has 1 aromatic heterocycles. The smallest absolute Gasteiger partial charge is 0.280 e. The van der Waals surface area contributed by atoms with E-state index in [2.05, 4.69) is 11.1 Å². The Morgan fingerprint density at radius 1 is 1.30 bits per heavy atom. The van der Waals surface area contributed by atoms with Crippen LogP contribution in [0.1, 0.15) is 11.1 Å². The van der Waals surface area contributed by atoms with E-state index < -0.39 is 0 Å². The van der Waals surface area contributed by atoms with Gasteiger partial charge >= 0.3 is 0 Å². The van der Waals surface area contributed by atoms with Crippen molar-refractivity contribution in [3.8, 4) is 6.07 Å². The molecule has 0 spiro atoms. The molecule has 0 saturated heterocycles. The summed E-state index contributed by atoms with van der Waals surface area (Å²) in [4.78, 5) is 16.7. The second-order valence-corrected chi connectivity index (χ2v) is 6.21. The van der Waals surface area contributed by atoms with E-state index in [0.717, 1.165) is 10.2 Å². The molecule has 0 aliphatic rings. The Bertz CT molecular complexity index is 994. The first-order valence-corrected chi connectivity index (χ1v) is 8.04. The number of thioether (sulfide) groups is 1. The molecule has 0 amide bonds. The van der Waals surface area contributed by atoms with Gasteiger partial charge in [-0.05, 0) is 35.9 Å². The number of halogens is 1. The van der Waals surface area contributed by atoms with E-state index in [9.17, 15) is 4.79 Å². The minimum atomic E-state index is -0.319. The molecule has 114 valence electrons. The summed E-state index contributed by atoms with van der Waals surface area (Å²) in [6.07, 6.45) is 0. The third kappa shape index (κ3) is 3.16. The Morgan fingerprint density at radius 2 is 2.13 bits per heavy atom. The van der Waals surface area contributed by atoms with Crippen LogP contribution in [-0.2, 0) is 5.75 Å². The summed E-state index contributed by atoms with van der Waals surface area (Å²) in [5.74, 6) is 6.39. The number of nitriles is 1. The Labute approximate surface area is 141 Å². The van der Waals surface area contributed by atoms with Crippen LogP contribution in [0.3, 0.4) is 0 Å². The van der Waals surface area contributed by atoms with Crippen molar-refractivity contribution in [2.45, 2.75) is 10.9 Å². The van der Waals surface area contributed by atoms with E-state index in [1.165, 1.54) is 11.8 Å². The topological polar surface area (TPSA) is 84.7 Å². The standard InChI is InChI=1S/C16H11ClN4OS/c17-12-4-5-13-14(7-12)20-16(21(19)15(13)22)23-9-11-3-1-2-10(6-11)8-18/h1-7H,9,19H2. The number of nitrogen functional groups attached to an aromatic ring is 1. The highest BCUT2D eigenvalue weighted by Gasteiger charge is 2.10. The van der Waals surface area contributed by atoms with Gasteiger partial charge in [-0.15, -0.1) is 0 Å². The molecule has 0 radical (unpaired) electrons. The SMILES string of the molecule is N#Cc1cccc(CSc2nc3cc(Cl)ccc3c(=O)n2N)c1. The molecule has 7 heteroatoms. The zero-order valence-electron chi connectivity index (χ0n) is 11.9. The fourth-order valence-electron chi connectivity index (χ4n) is 2.13. The highest BCUT2D eigenvalue weighted by Crippen LogP contribution is 2.22. The minimum Gasteiger partial charge on any atom is -0.334 e. The maximum atomic E-state index is 12.3. The Kier molecular flexibility index (Phi) is 4.24. The lowest BCUT2D eigenvalue weighted by molar-refractivity contribution is 0.779. The summed E-state index contributed by atoms with van der Waals surface area (Å²) >= 11 is 7.28. The van der Waals surface area contributed by atoms with Crippen molar-refractivity contribution >= 4 is 34.3 Å². The number of rotatable bonds is 3. The number of hydrogen-bond donors (Lipinski definition) is 1. The summed E-state index contributed by atoms with van der Waals surface area (Å²) < 4.78 is 1.04. The van der Waals surface area contributed by atoms with Crippen molar-refractivity contribution < 1.29 is 0 Å². The van der Waals surface area contributed by atoms with Crippen LogP contribution < -0.4 is 11.4 Å². The second-order valence-electron chi connectivity index (χ2n) is 4.83. The van der Waals surface area contributed by atoms with Gasteiger partial charge in [-0.1, -0.05) is 35.5 Å². The van der Waals surface area contributed by atoms with Gasteiger partial charge in [-0.25, -0.2) is 9.66 Å². The second kappa shape index (κ2) is 6.32. The van der Waals surface area contributed by atoms with Crippen LogP contribution in [-0.4, -0.2) is 9.66 Å². The van der Waals surface area contributed by atoms with E-state index in [4.69, 9.17) is 22.7 Å². The largest absolute Gasteiger partial charge is 0.334 e. The molecule has 3 aromatic rings. The fourth-order valence-corrected chi connectivity index (χ4v) is 3.16. The third-order valence-electron chi connectivity index (χ3n) is 3.26. The lowest BCUT2D eigenvalue weighted by Crippen LogP contribution is -2.29. The van der Waals surface area contributed by atoms with Gasteiger partial charge in [0.1, 0.15) is 0 Å². The third-order valence-corrected chi connectivity index (χ3v) is 4.51. The van der Waals surface area contributed by atoms with Gasteiger partial charge in [-0.2, -0.15) is 5.26 Å². The molecule has 0 aliphatic carbocycles. The van der Waals surface area contributed by atoms with Crippen LogP contribution in [0.25, 0.3) is 10.9 Å². The van der Waals surface area contributed by atoms with Crippen LogP contribution in [0.5, 0.6) is 0 Å². The van der Waals surface area contributed by atoms with Crippen molar-refractivity contribution in [1.29, 1.82) is 5.26 Å². The minimum absolute atomic E-state index is 0.319. The highest BCUT2D eigenvalue weighted by molar-refractivity contribution is 7.98. The number of aromatic nitrogens is 2. The van der Waals surface area contributed by atoms with Crippen molar-refractivity contribution in [1.82, 2.24) is 9.66 Å². The number of fused-ring (bicyclic) bond motifs is 1. The lowest BCUT2D eigenvalue weighted by Gasteiger charge is -2.08. The molecule has 0 aliphatic heterocycles. The van der Waals surface area contributed by atoms with Gasteiger partial charge in [0.25, 0.3) is 5.56 Å². The molecule has 0 atom stereocenters. The maximum Gasteiger partial charge on any atom is 0.280 e. The van der Waals surface area contributed by atoms with Gasteiger partial charge < -0.3 is 5.84 Å². The molecule has 0 bridgehead atoms. The molecular weight excluding hydrogens is 332 g/mol. The molecule has 2 N–H and O–H groups in total. The van der Waals surface area contributed by atoms with E-state index in [-0.39, 0.29) is 5.56 Å². The summed E-state index contributed by atoms with van der Waals surface area (Å²) in [6, 6.07) is 14.2. The highest BCUT2D eigenvalue weighted by atomic mass is 35.5. The molecule has 3 rings (SSSR count). The Morgan fingerprint density at radius 3 is 2.91 bits per heavy atom. The zero-order chi connectivity index (χ0) is 16.4. The molecular formula is C16H11ClN4OS. The molecule has 1 heterocycles. The van der Waals surface area contributed by atoms with Gasteiger partial charge in [0.2, 0.25) is 0 Å². The predicted octanol–water partition coefficient (Wildman–Crippen LogP) is 2.93. The summed E-state index contributed by atoms with van der Waals surface area (Å²) in [5, 5.41) is 10.3. The number of hydrogen-bond acceptors (Lipinski definition) is 5. The first kappa shape index (κ1) is 15.4. The van der Waals surface area contributed by atoms with Crippen molar-refractivity contribution in [3.63, 3.8) is 0 Å². The molecule has 0 saturated carbocycles. The number of nitrogens with zero attached hydrogens (tertiary/aromatic N) is 3. The first-order chi connectivity index (χ1) is 11.1. The summed E-state index contributed by atoms with van der Waals surface area (Å²) in [6.45, 7) is 0. The molecule has 0 fully saturated rings. The van der Waals surface area contributed by atoms with E-state index in [1.807, 2.05) is 12.1 Å². The van der Waals surface area contributed by atoms with Crippen molar-refractivity contribution in [2.75, 3.05) is 5.84 Å². The normalized spacial score (nSPS) is 10.6. The molecule has 23 heavy (non-hydrogen) atoms. The van der Waals surface area contributed by atoms with Crippen LogP contribution >= 0.6 is 23.4 Å². The van der Waals surface area contributed by atoms with Crippen LogP contribution in [0.4, 0.5) is 0 Å². The van der Waals surface area contributed by atoms with Crippen molar-refractivity contribution in [3.05, 3.63) is 69.0 Å². The molecule has 2 aromatic carbocycles. The van der Waals surface area contributed by atoms with E-state index >= 15 is 0 Å². The van der Waals surface area contributed by atoms with E-state index in [1.54, 1.807) is 30.3 Å². The van der Waals surface area contributed by atoms with Gasteiger partial charge in [0.15, 0.2) is 5.16 Å². The van der Waals surface area contributed by atoms with Crippen LogP contribution in [0, 0.1) is 11.3 Å². The van der Waals surface area contributed by atoms with Gasteiger partial charge in [-0.3, -0.25) is 4.79 Å². The van der Waals surface area contributed by atoms with Crippen molar-refractivity contribution in [2.24, 2.45) is 0 Å². The van der Waals surface area contributed by atoms with Gasteiger partial charge in [0, 0.05) is 10.8 Å². The number of benzene rings is 2. The molecule has 5 nitrogen and oxygen atoms in total. The summed E-state index contributed by atoms with van der Waals surface area (Å²) in [5.41, 5.74) is 1.73. The van der Waals surface area contributed by atoms with E-state index in [0.29, 0.717) is 32.4 Å². The Hall–Kier alpha value is -2.49. The maximum absolute atomic E-state index is 12.3. The van der Waals surface area contributed by atoms with Crippen LogP contribution in [0.15, 0.2) is 52.4 Å².